The second kappa shape index (κ2) is 11.5. The molecule has 1 heterocycles. The molecule has 0 bridgehead atoms. The van der Waals surface area contributed by atoms with Gasteiger partial charge in [0.15, 0.2) is 0 Å². The summed E-state index contributed by atoms with van der Waals surface area (Å²) in [5.41, 5.74) is 2.31. The Labute approximate surface area is 181 Å². The first-order valence-corrected chi connectivity index (χ1v) is 11.0. The molecule has 0 aliphatic rings. The Hall–Kier alpha value is -2.70. The molecular formula is C24H28N2O3S. The van der Waals surface area contributed by atoms with Crippen LogP contribution in [0.25, 0.3) is 0 Å². The highest BCUT2D eigenvalue weighted by Crippen LogP contribution is 2.15. The Morgan fingerprint density at radius 1 is 1.10 bits per heavy atom. The number of carbonyl (C=O) groups is 1. The van der Waals surface area contributed by atoms with Crippen LogP contribution in [-0.2, 0) is 24.2 Å². The quantitative estimate of drug-likeness (QED) is 0.496. The molecule has 0 saturated carbocycles. The van der Waals surface area contributed by atoms with Crippen LogP contribution in [-0.4, -0.2) is 28.3 Å². The molecule has 2 unspecified atom stereocenters. The minimum absolute atomic E-state index is 0.180. The van der Waals surface area contributed by atoms with E-state index >= 15 is 0 Å². The van der Waals surface area contributed by atoms with Crippen molar-refractivity contribution in [1.29, 1.82) is 0 Å². The van der Waals surface area contributed by atoms with E-state index in [9.17, 15) is 9.90 Å². The minimum atomic E-state index is -0.660. The lowest BCUT2D eigenvalue weighted by molar-refractivity contribution is 0.0956. The zero-order valence-electron chi connectivity index (χ0n) is 17.2. The maximum absolute atomic E-state index is 12.4. The van der Waals surface area contributed by atoms with E-state index in [0.29, 0.717) is 12.8 Å². The van der Waals surface area contributed by atoms with E-state index in [1.807, 2.05) is 55.5 Å². The summed E-state index contributed by atoms with van der Waals surface area (Å²) in [5, 5.41) is 14.6. The third kappa shape index (κ3) is 7.28. The van der Waals surface area contributed by atoms with Gasteiger partial charge in [-0.25, -0.2) is 9.78 Å². The topological polar surface area (TPSA) is 71.5 Å². The Balaban J connectivity index is 1.55. The number of hydrogen-bond acceptors (Lipinski definition) is 5. The summed E-state index contributed by atoms with van der Waals surface area (Å²) in [6, 6.07) is 19.7. The number of hydrogen-bond donors (Lipinski definition) is 2. The summed E-state index contributed by atoms with van der Waals surface area (Å²) in [5.74, 6) is 0. The summed E-state index contributed by atoms with van der Waals surface area (Å²) in [4.78, 5) is 17.4. The van der Waals surface area contributed by atoms with E-state index in [1.54, 1.807) is 6.20 Å². The lowest BCUT2D eigenvalue weighted by atomic mass is 9.96. The van der Waals surface area contributed by atoms with Crippen LogP contribution in [0.1, 0.15) is 33.9 Å². The number of ether oxygens (including phenoxy) is 1. The van der Waals surface area contributed by atoms with Gasteiger partial charge >= 0.3 is 6.09 Å². The van der Waals surface area contributed by atoms with E-state index in [4.69, 9.17) is 4.74 Å². The van der Waals surface area contributed by atoms with Crippen LogP contribution in [0.5, 0.6) is 0 Å². The van der Waals surface area contributed by atoms with E-state index in [-0.39, 0.29) is 6.61 Å². The number of aliphatic hydroxyl groups excluding tert-OH is 1. The second-order valence-corrected chi connectivity index (χ2v) is 8.63. The summed E-state index contributed by atoms with van der Waals surface area (Å²) >= 11 is 1.50. The summed E-state index contributed by atoms with van der Waals surface area (Å²) < 4.78 is 5.34. The Kier molecular flexibility index (Phi) is 8.41. The molecule has 1 aromatic heterocycles. The summed E-state index contributed by atoms with van der Waals surface area (Å²) in [7, 11) is 0. The van der Waals surface area contributed by atoms with E-state index in [2.05, 4.69) is 22.4 Å². The highest BCUT2D eigenvalue weighted by atomic mass is 32.1. The highest BCUT2D eigenvalue weighted by molar-refractivity contribution is 7.11. The highest BCUT2D eigenvalue weighted by Gasteiger charge is 2.22. The molecule has 2 aromatic carbocycles. The van der Waals surface area contributed by atoms with E-state index in [1.165, 1.54) is 16.9 Å². The van der Waals surface area contributed by atoms with Gasteiger partial charge in [0, 0.05) is 6.20 Å². The first kappa shape index (κ1) is 22.0. The van der Waals surface area contributed by atoms with Crippen molar-refractivity contribution >= 4 is 17.4 Å². The maximum atomic E-state index is 12.4. The molecule has 0 spiro atoms. The van der Waals surface area contributed by atoms with Gasteiger partial charge in [-0.1, -0.05) is 60.7 Å². The SMILES string of the molecule is Cc1ncc(COC(=O)NC(Cc2ccccc2)C(O)CCCc2ccccc2)s1. The minimum Gasteiger partial charge on any atom is -0.444 e. The molecule has 0 aliphatic carbocycles. The number of nitrogens with one attached hydrogen (secondary N) is 1. The predicted molar refractivity (Wildman–Crippen MR) is 119 cm³/mol. The standard InChI is InChI=1S/C24H28N2O3S/c1-18-25-16-21(30-18)17-29-24(28)26-22(15-20-11-6-3-7-12-20)23(27)14-8-13-19-9-4-2-5-10-19/h2-7,9-12,16,22-23,27H,8,13-15,17H2,1H3,(H,26,28). The largest absolute Gasteiger partial charge is 0.444 e. The molecule has 0 radical (unpaired) electrons. The van der Waals surface area contributed by atoms with Gasteiger partial charge in [-0.2, -0.15) is 0 Å². The van der Waals surface area contributed by atoms with Crippen molar-refractivity contribution in [2.24, 2.45) is 0 Å². The fourth-order valence-corrected chi connectivity index (χ4v) is 4.02. The van der Waals surface area contributed by atoms with Crippen LogP contribution >= 0.6 is 11.3 Å². The lowest BCUT2D eigenvalue weighted by Crippen LogP contribution is -2.45. The number of amides is 1. The molecule has 158 valence electrons. The smallest absolute Gasteiger partial charge is 0.407 e. The summed E-state index contributed by atoms with van der Waals surface area (Å²) in [6.07, 6.45) is 3.41. The van der Waals surface area contributed by atoms with Gasteiger partial charge in [-0.3, -0.25) is 0 Å². The fraction of sp³-hybridized carbons (Fsp3) is 0.333. The zero-order valence-corrected chi connectivity index (χ0v) is 18.0. The third-order valence-electron chi connectivity index (χ3n) is 4.89. The van der Waals surface area contributed by atoms with E-state index < -0.39 is 18.2 Å². The Morgan fingerprint density at radius 2 is 1.77 bits per heavy atom. The number of alkyl carbamates (subject to hydrolysis) is 1. The van der Waals surface area contributed by atoms with Crippen LogP contribution in [0.3, 0.4) is 0 Å². The zero-order chi connectivity index (χ0) is 21.2. The average molecular weight is 425 g/mol. The molecule has 5 nitrogen and oxygen atoms in total. The van der Waals surface area contributed by atoms with Gasteiger partial charge in [0.1, 0.15) is 6.61 Å². The number of aromatic nitrogens is 1. The molecular weight excluding hydrogens is 396 g/mol. The molecule has 0 saturated heterocycles. The fourth-order valence-electron chi connectivity index (χ4n) is 3.31. The van der Waals surface area contributed by atoms with Crippen molar-refractivity contribution in [3.63, 3.8) is 0 Å². The second-order valence-electron chi connectivity index (χ2n) is 7.31. The normalized spacial score (nSPS) is 12.9. The number of rotatable bonds is 10. The molecule has 3 aromatic rings. The molecule has 3 rings (SSSR count). The summed E-state index contributed by atoms with van der Waals surface area (Å²) in [6.45, 7) is 2.09. The van der Waals surface area contributed by atoms with Crippen LogP contribution in [0.2, 0.25) is 0 Å². The van der Waals surface area contributed by atoms with Gasteiger partial charge in [0.05, 0.1) is 22.0 Å². The van der Waals surface area contributed by atoms with Gasteiger partial charge in [0.25, 0.3) is 0 Å². The van der Waals surface area contributed by atoms with Crippen LogP contribution < -0.4 is 5.32 Å². The molecule has 1 amide bonds. The van der Waals surface area contributed by atoms with Crippen molar-refractivity contribution in [2.45, 2.75) is 51.4 Å². The number of aliphatic hydroxyl groups is 1. The van der Waals surface area contributed by atoms with Crippen molar-refractivity contribution in [2.75, 3.05) is 0 Å². The van der Waals surface area contributed by atoms with Gasteiger partial charge < -0.3 is 15.2 Å². The molecule has 2 N–H and O–H groups in total. The molecule has 30 heavy (non-hydrogen) atoms. The van der Waals surface area contributed by atoms with Crippen molar-refractivity contribution < 1.29 is 14.6 Å². The molecule has 2 atom stereocenters. The number of aryl methyl sites for hydroxylation is 2. The van der Waals surface area contributed by atoms with Crippen molar-refractivity contribution in [3.05, 3.63) is 87.9 Å². The maximum Gasteiger partial charge on any atom is 0.407 e. The van der Waals surface area contributed by atoms with Crippen LogP contribution in [0, 0.1) is 6.92 Å². The average Bonchev–Trinajstić information content (AvgIpc) is 3.18. The van der Waals surface area contributed by atoms with Gasteiger partial charge in [-0.15, -0.1) is 11.3 Å². The first-order valence-electron chi connectivity index (χ1n) is 10.2. The van der Waals surface area contributed by atoms with Crippen LogP contribution in [0.4, 0.5) is 4.79 Å². The number of nitrogens with zero attached hydrogens (tertiary/aromatic N) is 1. The predicted octanol–water partition coefficient (Wildman–Crippen LogP) is 4.67. The number of carbonyl (C=O) groups excluding carboxylic acids is 1. The Morgan fingerprint density at radius 3 is 2.40 bits per heavy atom. The van der Waals surface area contributed by atoms with Crippen LogP contribution in [0.15, 0.2) is 66.9 Å². The number of benzene rings is 2. The molecule has 0 fully saturated rings. The number of thiazole rings is 1. The van der Waals surface area contributed by atoms with Crippen molar-refractivity contribution in [3.8, 4) is 0 Å². The third-order valence-corrected chi connectivity index (χ3v) is 5.78. The van der Waals surface area contributed by atoms with E-state index in [0.717, 1.165) is 28.3 Å². The van der Waals surface area contributed by atoms with Crippen molar-refractivity contribution in [1.82, 2.24) is 10.3 Å². The first-order chi connectivity index (χ1) is 14.6. The van der Waals surface area contributed by atoms with Gasteiger partial charge in [0.2, 0.25) is 0 Å². The monoisotopic (exact) mass is 424 g/mol. The Bertz CT molecular complexity index is 899. The lowest BCUT2D eigenvalue weighted by Gasteiger charge is -2.24. The molecule has 6 heteroatoms. The van der Waals surface area contributed by atoms with Gasteiger partial charge in [-0.05, 0) is 43.7 Å². The molecule has 0 aliphatic heterocycles.